The van der Waals surface area contributed by atoms with Gasteiger partial charge in [0, 0.05) is 7.11 Å². The maximum atomic E-state index is 13.3. The highest BCUT2D eigenvalue weighted by atomic mass is 16.7. The van der Waals surface area contributed by atoms with E-state index in [0.29, 0.717) is 22.6 Å². The van der Waals surface area contributed by atoms with Crippen LogP contribution in [0, 0.1) is 0 Å². The molecule has 5 heteroatoms. The predicted molar refractivity (Wildman–Crippen MR) is 103 cm³/mol. The Morgan fingerprint density at radius 2 is 1.50 bits per heavy atom. The number of ether oxygens (including phenoxy) is 4. The molecule has 0 atom stereocenters. The van der Waals surface area contributed by atoms with E-state index in [1.54, 1.807) is 0 Å². The van der Waals surface area contributed by atoms with Crippen LogP contribution in [0.25, 0.3) is 0 Å². The molecule has 0 spiro atoms. The van der Waals surface area contributed by atoms with Crippen molar-refractivity contribution in [1.29, 1.82) is 0 Å². The molecule has 0 N–H and O–H groups in total. The maximum Gasteiger partial charge on any atom is 0.348 e. The van der Waals surface area contributed by atoms with Crippen molar-refractivity contribution >= 4 is 5.97 Å². The molecule has 0 aromatic heterocycles. The second kappa shape index (κ2) is 7.74. The molecule has 1 heterocycles. The van der Waals surface area contributed by atoms with Crippen molar-refractivity contribution in [2.75, 3.05) is 13.9 Å². The summed E-state index contributed by atoms with van der Waals surface area (Å²) in [6.07, 6.45) is 0. The van der Waals surface area contributed by atoms with Gasteiger partial charge in [-0.1, -0.05) is 66.7 Å². The molecular formula is C23H20O5. The average Bonchev–Trinajstić information content (AvgIpc) is 3.23. The van der Waals surface area contributed by atoms with Gasteiger partial charge in [-0.15, -0.1) is 0 Å². The summed E-state index contributed by atoms with van der Waals surface area (Å²) < 4.78 is 22.2. The Labute approximate surface area is 163 Å². The molecule has 0 radical (unpaired) electrons. The highest BCUT2D eigenvalue weighted by Gasteiger charge is 2.44. The number of rotatable bonds is 6. The van der Waals surface area contributed by atoms with Crippen molar-refractivity contribution in [3.63, 3.8) is 0 Å². The standard InChI is InChI=1S/C23H20O5/c1-25-23(18-8-4-2-5-9-18,19-10-6-3-7-11-19)22(24)26-15-17-12-13-20-21(14-17)28-16-27-20/h2-14H,15-16H2,1H3. The zero-order valence-corrected chi connectivity index (χ0v) is 15.5. The zero-order valence-electron chi connectivity index (χ0n) is 15.5. The van der Waals surface area contributed by atoms with Gasteiger partial charge in [0.05, 0.1) is 0 Å². The van der Waals surface area contributed by atoms with Crippen LogP contribution in [-0.2, 0) is 26.5 Å². The number of carbonyl (C=O) groups is 1. The fraction of sp³-hybridized carbons (Fsp3) is 0.174. The third-order valence-electron chi connectivity index (χ3n) is 4.76. The SMILES string of the molecule is COC(C(=O)OCc1ccc2c(c1)OCO2)(c1ccccc1)c1ccccc1. The van der Waals surface area contributed by atoms with E-state index in [1.807, 2.05) is 78.9 Å². The van der Waals surface area contributed by atoms with Gasteiger partial charge in [-0.2, -0.15) is 0 Å². The molecule has 0 aliphatic carbocycles. The summed E-state index contributed by atoms with van der Waals surface area (Å²) >= 11 is 0. The van der Waals surface area contributed by atoms with Crippen molar-refractivity contribution in [2.24, 2.45) is 0 Å². The van der Waals surface area contributed by atoms with Gasteiger partial charge in [-0.25, -0.2) is 4.79 Å². The Kier molecular flexibility index (Phi) is 5.00. The van der Waals surface area contributed by atoms with E-state index in [1.165, 1.54) is 7.11 Å². The van der Waals surface area contributed by atoms with Gasteiger partial charge in [0.15, 0.2) is 11.5 Å². The molecule has 0 fully saturated rings. The first-order chi connectivity index (χ1) is 13.7. The third kappa shape index (κ3) is 3.21. The van der Waals surface area contributed by atoms with E-state index in [0.717, 1.165) is 5.56 Å². The number of esters is 1. The summed E-state index contributed by atoms with van der Waals surface area (Å²) in [6, 6.07) is 24.2. The first-order valence-electron chi connectivity index (χ1n) is 8.96. The van der Waals surface area contributed by atoms with E-state index in [2.05, 4.69) is 0 Å². The summed E-state index contributed by atoms with van der Waals surface area (Å²) in [7, 11) is 1.52. The van der Waals surface area contributed by atoms with Crippen LogP contribution >= 0.6 is 0 Å². The lowest BCUT2D eigenvalue weighted by Gasteiger charge is -2.31. The van der Waals surface area contributed by atoms with E-state index in [4.69, 9.17) is 18.9 Å². The molecule has 142 valence electrons. The van der Waals surface area contributed by atoms with Crippen LogP contribution in [0.2, 0.25) is 0 Å². The lowest BCUT2D eigenvalue weighted by atomic mass is 9.86. The minimum Gasteiger partial charge on any atom is -0.458 e. The largest absolute Gasteiger partial charge is 0.458 e. The molecule has 0 bridgehead atoms. The van der Waals surface area contributed by atoms with E-state index < -0.39 is 11.6 Å². The van der Waals surface area contributed by atoms with Crippen molar-refractivity contribution in [1.82, 2.24) is 0 Å². The van der Waals surface area contributed by atoms with Crippen molar-refractivity contribution in [3.05, 3.63) is 95.6 Å². The smallest absolute Gasteiger partial charge is 0.348 e. The van der Waals surface area contributed by atoms with E-state index in [9.17, 15) is 4.79 Å². The highest BCUT2D eigenvalue weighted by Crippen LogP contribution is 2.36. The Bertz CT molecular complexity index is 914. The Hall–Kier alpha value is -3.31. The summed E-state index contributed by atoms with van der Waals surface area (Å²) in [5.41, 5.74) is 0.876. The molecule has 5 nitrogen and oxygen atoms in total. The Morgan fingerprint density at radius 1 is 0.893 bits per heavy atom. The summed E-state index contributed by atoms with van der Waals surface area (Å²) in [5, 5.41) is 0. The lowest BCUT2D eigenvalue weighted by molar-refractivity contribution is -0.166. The number of hydrogen-bond donors (Lipinski definition) is 0. The maximum absolute atomic E-state index is 13.3. The fourth-order valence-electron chi connectivity index (χ4n) is 3.35. The van der Waals surface area contributed by atoms with Crippen LogP contribution in [0.4, 0.5) is 0 Å². The number of benzene rings is 3. The van der Waals surface area contributed by atoms with Gasteiger partial charge in [0.2, 0.25) is 12.4 Å². The lowest BCUT2D eigenvalue weighted by Crippen LogP contribution is -2.40. The molecule has 1 aliphatic rings. The quantitative estimate of drug-likeness (QED) is 0.608. The summed E-state index contributed by atoms with van der Waals surface area (Å²) in [4.78, 5) is 13.3. The molecule has 28 heavy (non-hydrogen) atoms. The molecule has 0 amide bonds. The van der Waals surface area contributed by atoms with E-state index >= 15 is 0 Å². The van der Waals surface area contributed by atoms with Gasteiger partial charge < -0.3 is 18.9 Å². The fourth-order valence-corrected chi connectivity index (χ4v) is 3.35. The van der Waals surface area contributed by atoms with Crippen molar-refractivity contribution < 1.29 is 23.7 Å². The minimum absolute atomic E-state index is 0.0975. The number of fused-ring (bicyclic) bond motifs is 1. The van der Waals surface area contributed by atoms with Crippen molar-refractivity contribution in [3.8, 4) is 11.5 Å². The normalized spacial score (nSPS) is 12.6. The molecule has 1 aliphatic heterocycles. The monoisotopic (exact) mass is 376 g/mol. The van der Waals surface area contributed by atoms with Gasteiger partial charge in [-0.3, -0.25) is 0 Å². The average molecular weight is 376 g/mol. The van der Waals surface area contributed by atoms with Crippen LogP contribution in [-0.4, -0.2) is 19.9 Å². The molecule has 0 saturated carbocycles. The van der Waals surface area contributed by atoms with Crippen LogP contribution in [0.5, 0.6) is 11.5 Å². The van der Waals surface area contributed by atoms with Gasteiger partial charge >= 0.3 is 5.97 Å². The molecular weight excluding hydrogens is 356 g/mol. The van der Waals surface area contributed by atoms with E-state index in [-0.39, 0.29) is 13.4 Å². The van der Waals surface area contributed by atoms with Crippen LogP contribution in [0.1, 0.15) is 16.7 Å². The Morgan fingerprint density at radius 3 is 2.11 bits per heavy atom. The molecule has 3 aromatic carbocycles. The predicted octanol–water partition coefficient (Wildman–Crippen LogP) is 4.05. The van der Waals surface area contributed by atoms with Gasteiger partial charge in [0.1, 0.15) is 6.61 Å². The number of hydrogen-bond acceptors (Lipinski definition) is 5. The zero-order chi connectivity index (χ0) is 19.4. The highest BCUT2D eigenvalue weighted by molar-refractivity contribution is 5.85. The third-order valence-corrected chi connectivity index (χ3v) is 4.76. The second-order valence-electron chi connectivity index (χ2n) is 6.38. The molecule has 3 aromatic rings. The van der Waals surface area contributed by atoms with Gasteiger partial charge in [0.25, 0.3) is 0 Å². The van der Waals surface area contributed by atoms with Crippen LogP contribution < -0.4 is 9.47 Å². The number of carbonyl (C=O) groups excluding carboxylic acids is 1. The molecule has 0 unspecified atom stereocenters. The first kappa shape index (κ1) is 18.1. The number of methoxy groups -OCH3 is 1. The van der Waals surface area contributed by atoms with Crippen LogP contribution in [0.15, 0.2) is 78.9 Å². The van der Waals surface area contributed by atoms with Crippen molar-refractivity contribution in [2.45, 2.75) is 12.2 Å². The molecule has 4 rings (SSSR count). The second-order valence-corrected chi connectivity index (χ2v) is 6.38. The minimum atomic E-state index is -1.35. The summed E-state index contributed by atoms with van der Waals surface area (Å²) in [6.45, 7) is 0.299. The first-order valence-corrected chi connectivity index (χ1v) is 8.96. The summed E-state index contributed by atoms with van der Waals surface area (Å²) in [5.74, 6) is 0.859. The Balaban J connectivity index is 1.64. The van der Waals surface area contributed by atoms with Crippen LogP contribution in [0.3, 0.4) is 0 Å². The van der Waals surface area contributed by atoms with Gasteiger partial charge in [-0.05, 0) is 28.8 Å². The molecule has 0 saturated heterocycles. The topological polar surface area (TPSA) is 54.0 Å².